The number of nitrogens with one attached hydrogen (secondary N) is 1. The van der Waals surface area contributed by atoms with Crippen LogP contribution in [0.1, 0.15) is 81.5 Å². The Morgan fingerprint density at radius 3 is 2.07 bits per heavy atom. The molecule has 5 heteroatoms. The number of carbonyl (C=O) groups excluding carboxylic acids is 2. The molecule has 0 unspecified atom stereocenters. The Morgan fingerprint density at radius 2 is 1.48 bits per heavy atom. The molecule has 0 bridgehead atoms. The summed E-state index contributed by atoms with van der Waals surface area (Å²) in [5.41, 5.74) is 0.541. The van der Waals surface area contributed by atoms with Gasteiger partial charge in [-0.05, 0) is 30.7 Å². The maximum atomic E-state index is 12.0. The number of amides is 1. The van der Waals surface area contributed by atoms with Gasteiger partial charge in [0.25, 0.3) is 5.91 Å². The molecule has 0 spiro atoms. The minimum Gasteiger partial charge on any atom is -0.497 e. The van der Waals surface area contributed by atoms with E-state index in [1.54, 1.807) is 31.4 Å². The third-order valence-corrected chi connectivity index (χ3v) is 4.48. The second-order valence-electron chi connectivity index (χ2n) is 6.78. The van der Waals surface area contributed by atoms with E-state index in [1.807, 2.05) is 0 Å². The summed E-state index contributed by atoms with van der Waals surface area (Å²) in [6, 6.07) is 6.84. The first-order chi connectivity index (χ1) is 13.2. The number of hydrogen-bond donors (Lipinski definition) is 1. The van der Waals surface area contributed by atoms with Crippen molar-refractivity contribution in [2.45, 2.75) is 71.1 Å². The van der Waals surface area contributed by atoms with Crippen LogP contribution in [0.15, 0.2) is 24.3 Å². The molecule has 0 aliphatic rings. The van der Waals surface area contributed by atoms with Gasteiger partial charge >= 0.3 is 5.97 Å². The molecule has 0 aliphatic carbocycles. The highest BCUT2D eigenvalue weighted by molar-refractivity contribution is 5.94. The van der Waals surface area contributed by atoms with Gasteiger partial charge in [0.15, 0.2) is 0 Å². The summed E-state index contributed by atoms with van der Waals surface area (Å²) in [5.74, 6) is 0.237. The molecular formula is C22H35NO4. The number of carbonyl (C=O) groups is 2. The Hall–Kier alpha value is -2.04. The van der Waals surface area contributed by atoms with Crippen LogP contribution >= 0.6 is 0 Å². The highest BCUT2D eigenvalue weighted by Crippen LogP contribution is 2.11. The van der Waals surface area contributed by atoms with Crippen LogP contribution in [0, 0.1) is 0 Å². The number of hydrogen-bond acceptors (Lipinski definition) is 4. The molecule has 0 saturated carbocycles. The average Bonchev–Trinajstić information content (AvgIpc) is 2.69. The molecule has 1 aromatic rings. The van der Waals surface area contributed by atoms with Crippen LogP contribution in [0.5, 0.6) is 5.75 Å². The first-order valence-corrected chi connectivity index (χ1v) is 10.2. The van der Waals surface area contributed by atoms with E-state index >= 15 is 0 Å². The van der Waals surface area contributed by atoms with E-state index in [4.69, 9.17) is 9.47 Å². The van der Waals surface area contributed by atoms with E-state index in [1.165, 1.54) is 44.9 Å². The molecule has 1 amide bonds. The van der Waals surface area contributed by atoms with Crippen molar-refractivity contribution in [3.05, 3.63) is 29.8 Å². The largest absolute Gasteiger partial charge is 0.497 e. The average molecular weight is 378 g/mol. The highest BCUT2D eigenvalue weighted by atomic mass is 16.5. The van der Waals surface area contributed by atoms with Crippen molar-refractivity contribution < 1.29 is 19.1 Å². The Morgan fingerprint density at radius 1 is 0.889 bits per heavy atom. The summed E-state index contributed by atoms with van der Waals surface area (Å²) >= 11 is 0. The van der Waals surface area contributed by atoms with E-state index < -0.39 is 0 Å². The predicted molar refractivity (Wildman–Crippen MR) is 108 cm³/mol. The zero-order chi connectivity index (χ0) is 19.7. The van der Waals surface area contributed by atoms with Crippen LogP contribution in [0.3, 0.4) is 0 Å². The van der Waals surface area contributed by atoms with Gasteiger partial charge in [0, 0.05) is 12.1 Å². The van der Waals surface area contributed by atoms with Crippen LogP contribution in [0.4, 0.5) is 0 Å². The van der Waals surface area contributed by atoms with Crippen molar-refractivity contribution in [3.8, 4) is 5.75 Å². The zero-order valence-electron chi connectivity index (χ0n) is 16.9. The molecule has 1 aromatic carbocycles. The van der Waals surface area contributed by atoms with Crippen molar-refractivity contribution >= 4 is 11.9 Å². The van der Waals surface area contributed by atoms with Crippen molar-refractivity contribution in [1.82, 2.24) is 5.32 Å². The lowest BCUT2D eigenvalue weighted by Crippen LogP contribution is -2.26. The summed E-state index contributed by atoms with van der Waals surface area (Å²) in [5, 5.41) is 2.73. The minimum atomic E-state index is -0.260. The Balaban J connectivity index is 1.98. The third kappa shape index (κ3) is 11.3. The molecule has 1 N–H and O–H groups in total. The summed E-state index contributed by atoms with van der Waals surface area (Å²) in [7, 11) is 1.58. The van der Waals surface area contributed by atoms with Gasteiger partial charge in [0.2, 0.25) is 0 Å². The van der Waals surface area contributed by atoms with Gasteiger partial charge in [0.05, 0.1) is 20.1 Å². The second-order valence-corrected chi connectivity index (χ2v) is 6.78. The standard InChI is InChI=1S/C22H35NO4/c1-3-4-5-6-7-8-9-10-11-18-27-21(24)16-17-23-22(25)19-12-14-20(26-2)15-13-19/h12-15H,3-11,16-18H2,1-2H3,(H,23,25). The fourth-order valence-electron chi connectivity index (χ4n) is 2.79. The smallest absolute Gasteiger partial charge is 0.307 e. The number of methoxy groups -OCH3 is 1. The van der Waals surface area contributed by atoms with Gasteiger partial charge in [0.1, 0.15) is 5.75 Å². The Bertz CT molecular complexity index is 528. The predicted octanol–water partition coefficient (Wildman–Crippen LogP) is 4.89. The molecule has 0 atom stereocenters. The summed E-state index contributed by atoms with van der Waals surface area (Å²) in [4.78, 5) is 23.7. The van der Waals surface area contributed by atoms with E-state index in [-0.39, 0.29) is 24.8 Å². The molecular weight excluding hydrogens is 342 g/mol. The maximum Gasteiger partial charge on any atom is 0.307 e. The lowest BCUT2D eigenvalue weighted by molar-refractivity contribution is -0.143. The highest BCUT2D eigenvalue weighted by Gasteiger charge is 2.07. The van der Waals surface area contributed by atoms with E-state index in [0.717, 1.165) is 12.8 Å². The van der Waals surface area contributed by atoms with Crippen LogP contribution in [-0.2, 0) is 9.53 Å². The molecule has 0 saturated heterocycles. The topological polar surface area (TPSA) is 64.6 Å². The lowest BCUT2D eigenvalue weighted by Gasteiger charge is -2.07. The molecule has 0 heterocycles. The van der Waals surface area contributed by atoms with E-state index in [9.17, 15) is 9.59 Å². The van der Waals surface area contributed by atoms with E-state index in [2.05, 4.69) is 12.2 Å². The second kappa shape index (κ2) is 15.1. The molecule has 0 aromatic heterocycles. The fraction of sp³-hybridized carbons (Fsp3) is 0.636. The van der Waals surface area contributed by atoms with Crippen LogP contribution in [0.25, 0.3) is 0 Å². The fourth-order valence-corrected chi connectivity index (χ4v) is 2.79. The monoisotopic (exact) mass is 377 g/mol. The van der Waals surface area contributed by atoms with Crippen molar-refractivity contribution in [2.75, 3.05) is 20.3 Å². The molecule has 27 heavy (non-hydrogen) atoms. The number of esters is 1. The Labute approximate surface area is 163 Å². The van der Waals surface area contributed by atoms with Gasteiger partial charge in [-0.3, -0.25) is 9.59 Å². The molecule has 5 nitrogen and oxygen atoms in total. The van der Waals surface area contributed by atoms with Gasteiger partial charge in [-0.2, -0.15) is 0 Å². The Kier molecular flexibility index (Phi) is 12.8. The van der Waals surface area contributed by atoms with E-state index in [0.29, 0.717) is 17.9 Å². The van der Waals surface area contributed by atoms with Crippen LogP contribution < -0.4 is 10.1 Å². The lowest BCUT2D eigenvalue weighted by atomic mass is 10.1. The molecule has 0 aliphatic heterocycles. The first kappa shape index (κ1) is 23.0. The molecule has 0 fully saturated rings. The van der Waals surface area contributed by atoms with Crippen molar-refractivity contribution in [3.63, 3.8) is 0 Å². The van der Waals surface area contributed by atoms with Crippen LogP contribution in [0.2, 0.25) is 0 Å². The van der Waals surface area contributed by atoms with Crippen molar-refractivity contribution in [2.24, 2.45) is 0 Å². The normalized spacial score (nSPS) is 10.4. The van der Waals surface area contributed by atoms with Gasteiger partial charge in [-0.1, -0.05) is 58.3 Å². The number of ether oxygens (including phenoxy) is 2. The van der Waals surface area contributed by atoms with Gasteiger partial charge in [-0.25, -0.2) is 0 Å². The third-order valence-electron chi connectivity index (χ3n) is 4.48. The summed E-state index contributed by atoms with van der Waals surface area (Å²) in [6.07, 6.45) is 11.3. The van der Waals surface area contributed by atoms with Gasteiger partial charge < -0.3 is 14.8 Å². The van der Waals surface area contributed by atoms with Crippen LogP contribution in [-0.4, -0.2) is 32.1 Å². The SMILES string of the molecule is CCCCCCCCCCCOC(=O)CCNC(=O)c1ccc(OC)cc1. The van der Waals surface area contributed by atoms with Crippen molar-refractivity contribution in [1.29, 1.82) is 0 Å². The summed E-state index contributed by atoms with van der Waals surface area (Å²) in [6.45, 7) is 2.98. The quantitative estimate of drug-likeness (QED) is 0.349. The first-order valence-electron chi connectivity index (χ1n) is 10.2. The molecule has 0 radical (unpaired) electrons. The number of unbranched alkanes of at least 4 members (excludes halogenated alkanes) is 8. The number of rotatable bonds is 15. The molecule has 1 rings (SSSR count). The minimum absolute atomic E-state index is 0.194. The summed E-state index contributed by atoms with van der Waals surface area (Å²) < 4.78 is 10.3. The number of benzene rings is 1. The zero-order valence-corrected chi connectivity index (χ0v) is 16.9. The molecule has 152 valence electrons. The van der Waals surface area contributed by atoms with Gasteiger partial charge in [-0.15, -0.1) is 0 Å². The maximum absolute atomic E-state index is 12.0.